The van der Waals surface area contributed by atoms with Gasteiger partial charge in [0.15, 0.2) is 0 Å². The van der Waals surface area contributed by atoms with Crippen molar-refractivity contribution >= 4 is 39.1 Å². The molecule has 4 rings (SSSR count). The van der Waals surface area contributed by atoms with Gasteiger partial charge in [0, 0.05) is 5.69 Å². The van der Waals surface area contributed by atoms with E-state index in [1.807, 2.05) is 30.3 Å². The molecule has 2 heterocycles. The third kappa shape index (κ3) is 3.72. The zero-order chi connectivity index (χ0) is 21.3. The summed E-state index contributed by atoms with van der Waals surface area (Å²) in [4.78, 5) is 42.0. The molecular formula is C22H17N3O4S. The molecule has 0 fully saturated rings. The Labute approximate surface area is 175 Å². The van der Waals surface area contributed by atoms with E-state index in [1.54, 1.807) is 6.92 Å². The van der Waals surface area contributed by atoms with Gasteiger partial charge in [0.25, 0.3) is 11.5 Å². The average Bonchev–Trinajstić information content (AvgIpc) is 3.08. The van der Waals surface area contributed by atoms with Crippen molar-refractivity contribution in [2.45, 2.75) is 13.5 Å². The quantitative estimate of drug-likeness (QED) is 0.513. The van der Waals surface area contributed by atoms with Crippen LogP contribution in [0.1, 0.15) is 31.2 Å². The largest absolute Gasteiger partial charge is 0.478 e. The molecule has 0 atom stereocenters. The lowest BCUT2D eigenvalue weighted by atomic mass is 10.2. The minimum Gasteiger partial charge on any atom is -0.478 e. The third-order valence-corrected chi connectivity index (χ3v) is 5.91. The number of amides is 1. The molecule has 150 valence electrons. The van der Waals surface area contributed by atoms with Crippen molar-refractivity contribution in [3.8, 4) is 0 Å². The number of carboxylic acids is 1. The zero-order valence-electron chi connectivity index (χ0n) is 16.0. The molecule has 1 amide bonds. The van der Waals surface area contributed by atoms with Gasteiger partial charge in [-0.05, 0) is 42.3 Å². The summed E-state index contributed by atoms with van der Waals surface area (Å²) < 4.78 is 1.53. The van der Waals surface area contributed by atoms with Crippen molar-refractivity contribution in [2.75, 3.05) is 5.32 Å². The standard InChI is InChI=1S/C22H17N3O4S/c1-13-17-20(23-12-25(21(17)27)11-14-5-3-2-4-6-14)30-18(13)19(26)24-16-9-7-15(8-10-16)22(28)29/h2-10,12H,11H2,1H3,(H,24,26)(H,28,29). The summed E-state index contributed by atoms with van der Waals surface area (Å²) in [5, 5.41) is 12.1. The molecule has 0 aliphatic rings. The molecule has 0 aliphatic heterocycles. The number of rotatable bonds is 5. The highest BCUT2D eigenvalue weighted by molar-refractivity contribution is 7.20. The normalized spacial score (nSPS) is 10.8. The first kappa shape index (κ1) is 19.5. The third-order valence-electron chi connectivity index (χ3n) is 4.71. The number of benzene rings is 2. The summed E-state index contributed by atoms with van der Waals surface area (Å²) in [5.41, 5.74) is 1.97. The van der Waals surface area contributed by atoms with E-state index >= 15 is 0 Å². The minimum absolute atomic E-state index is 0.134. The maximum atomic E-state index is 13.0. The first-order chi connectivity index (χ1) is 14.4. The van der Waals surface area contributed by atoms with Crippen LogP contribution in [-0.2, 0) is 6.54 Å². The number of anilines is 1. The van der Waals surface area contributed by atoms with Crippen LogP contribution in [0.4, 0.5) is 5.69 Å². The zero-order valence-corrected chi connectivity index (χ0v) is 16.8. The van der Waals surface area contributed by atoms with Crippen molar-refractivity contribution < 1.29 is 14.7 Å². The lowest BCUT2D eigenvalue weighted by Gasteiger charge is -2.06. The van der Waals surface area contributed by atoms with Gasteiger partial charge in [-0.2, -0.15) is 0 Å². The number of aromatic nitrogens is 2. The van der Waals surface area contributed by atoms with Crippen molar-refractivity contribution in [1.82, 2.24) is 9.55 Å². The smallest absolute Gasteiger partial charge is 0.335 e. The molecule has 2 aromatic heterocycles. The molecule has 30 heavy (non-hydrogen) atoms. The predicted octanol–water partition coefficient (Wildman–Crippen LogP) is 3.77. The first-order valence-corrected chi connectivity index (χ1v) is 9.93. The summed E-state index contributed by atoms with van der Waals surface area (Å²) in [6.07, 6.45) is 1.50. The van der Waals surface area contributed by atoms with Gasteiger partial charge in [0.05, 0.1) is 28.7 Å². The van der Waals surface area contributed by atoms with Crippen molar-refractivity contribution in [3.05, 3.63) is 92.8 Å². The summed E-state index contributed by atoms with van der Waals surface area (Å²) in [6, 6.07) is 15.5. The second-order valence-electron chi connectivity index (χ2n) is 6.74. The van der Waals surface area contributed by atoms with Gasteiger partial charge < -0.3 is 10.4 Å². The monoisotopic (exact) mass is 419 g/mol. The Morgan fingerprint density at radius 2 is 1.80 bits per heavy atom. The predicted molar refractivity (Wildman–Crippen MR) is 116 cm³/mol. The van der Waals surface area contributed by atoms with Gasteiger partial charge in [-0.3, -0.25) is 14.2 Å². The summed E-state index contributed by atoms with van der Waals surface area (Å²) in [7, 11) is 0. The minimum atomic E-state index is -1.04. The van der Waals surface area contributed by atoms with Gasteiger partial charge in [0.1, 0.15) is 4.83 Å². The molecule has 0 saturated heterocycles. The Bertz CT molecular complexity index is 1310. The number of hydrogen-bond acceptors (Lipinski definition) is 5. The molecule has 4 aromatic rings. The lowest BCUT2D eigenvalue weighted by Crippen LogP contribution is -2.21. The molecule has 0 radical (unpaired) electrons. The van der Waals surface area contributed by atoms with E-state index in [1.165, 1.54) is 35.2 Å². The molecule has 0 unspecified atom stereocenters. The van der Waals surface area contributed by atoms with Crippen molar-refractivity contribution in [2.24, 2.45) is 0 Å². The number of carbonyl (C=O) groups is 2. The maximum Gasteiger partial charge on any atom is 0.335 e. The highest BCUT2D eigenvalue weighted by Gasteiger charge is 2.20. The Balaban J connectivity index is 1.64. The topological polar surface area (TPSA) is 101 Å². The fourth-order valence-corrected chi connectivity index (χ4v) is 4.19. The number of aryl methyl sites for hydroxylation is 1. The first-order valence-electron chi connectivity index (χ1n) is 9.11. The average molecular weight is 419 g/mol. The van der Waals surface area contributed by atoms with Gasteiger partial charge in [-0.1, -0.05) is 30.3 Å². The van der Waals surface area contributed by atoms with E-state index in [9.17, 15) is 14.4 Å². The van der Waals surface area contributed by atoms with E-state index in [4.69, 9.17) is 5.11 Å². The maximum absolute atomic E-state index is 13.0. The molecule has 0 spiro atoms. The van der Waals surface area contributed by atoms with Gasteiger partial charge in [0.2, 0.25) is 0 Å². The number of carboxylic acid groups (broad SMARTS) is 1. The Hall–Kier alpha value is -3.78. The van der Waals surface area contributed by atoms with Gasteiger partial charge >= 0.3 is 5.97 Å². The molecular weight excluding hydrogens is 402 g/mol. The Kier molecular flexibility index (Phi) is 5.16. The number of carbonyl (C=O) groups excluding carboxylic acids is 1. The number of nitrogens with one attached hydrogen (secondary N) is 1. The molecule has 0 bridgehead atoms. The molecule has 8 heteroatoms. The number of aromatic carboxylic acids is 1. The number of thiophene rings is 1. The molecule has 0 aliphatic carbocycles. The van der Waals surface area contributed by atoms with Gasteiger partial charge in [-0.25, -0.2) is 9.78 Å². The fraction of sp³-hybridized carbons (Fsp3) is 0.0909. The molecule has 2 aromatic carbocycles. The molecule has 2 N–H and O–H groups in total. The van der Waals surface area contributed by atoms with E-state index in [0.29, 0.717) is 32.9 Å². The van der Waals surface area contributed by atoms with Crippen molar-refractivity contribution in [1.29, 1.82) is 0 Å². The summed E-state index contributed by atoms with van der Waals surface area (Å²) in [5.74, 6) is -1.40. The fourth-order valence-electron chi connectivity index (χ4n) is 3.15. The van der Waals surface area contributed by atoms with Crippen molar-refractivity contribution in [3.63, 3.8) is 0 Å². The van der Waals surface area contributed by atoms with Crippen LogP contribution in [0, 0.1) is 6.92 Å². The second-order valence-corrected chi connectivity index (χ2v) is 7.74. The number of hydrogen-bond donors (Lipinski definition) is 2. The SMILES string of the molecule is Cc1c(C(=O)Nc2ccc(C(=O)O)cc2)sc2ncn(Cc3ccccc3)c(=O)c12. The Morgan fingerprint density at radius 1 is 1.10 bits per heavy atom. The van der Waals surface area contributed by atoms with E-state index in [2.05, 4.69) is 10.3 Å². The lowest BCUT2D eigenvalue weighted by molar-refractivity contribution is 0.0696. The molecule has 0 saturated carbocycles. The van der Waals surface area contributed by atoms with Gasteiger partial charge in [-0.15, -0.1) is 11.3 Å². The van der Waals surface area contributed by atoms with Crippen LogP contribution < -0.4 is 10.9 Å². The van der Waals surface area contributed by atoms with Crippen LogP contribution in [0.3, 0.4) is 0 Å². The summed E-state index contributed by atoms with van der Waals surface area (Å²) >= 11 is 1.16. The van der Waals surface area contributed by atoms with Crippen LogP contribution in [0.25, 0.3) is 10.2 Å². The van der Waals surface area contributed by atoms with Crippen LogP contribution in [0.2, 0.25) is 0 Å². The van der Waals surface area contributed by atoms with E-state index in [-0.39, 0.29) is 17.0 Å². The van der Waals surface area contributed by atoms with E-state index < -0.39 is 5.97 Å². The highest BCUT2D eigenvalue weighted by Crippen LogP contribution is 2.27. The van der Waals surface area contributed by atoms with Crippen LogP contribution in [0.15, 0.2) is 65.7 Å². The highest BCUT2D eigenvalue weighted by atomic mass is 32.1. The Morgan fingerprint density at radius 3 is 2.47 bits per heavy atom. The molecule has 7 nitrogen and oxygen atoms in total. The van der Waals surface area contributed by atoms with E-state index in [0.717, 1.165) is 16.9 Å². The van der Waals surface area contributed by atoms with Crippen LogP contribution in [-0.4, -0.2) is 26.5 Å². The van der Waals surface area contributed by atoms with Crippen LogP contribution in [0.5, 0.6) is 0 Å². The summed E-state index contributed by atoms with van der Waals surface area (Å²) in [6.45, 7) is 2.13. The second kappa shape index (κ2) is 7.92. The van der Waals surface area contributed by atoms with Crippen LogP contribution >= 0.6 is 11.3 Å². The number of fused-ring (bicyclic) bond motifs is 1. The number of nitrogens with zero attached hydrogens (tertiary/aromatic N) is 2.